The van der Waals surface area contributed by atoms with E-state index < -0.39 is 30.4 Å². The molecule has 7 heteroatoms. The van der Waals surface area contributed by atoms with Gasteiger partial charge in [-0.05, 0) is 49.4 Å². The molecule has 2 rings (SSSR count). The van der Waals surface area contributed by atoms with E-state index in [-0.39, 0.29) is 0 Å². The summed E-state index contributed by atoms with van der Waals surface area (Å²) in [7, 11) is 0. The van der Waals surface area contributed by atoms with Crippen LogP contribution >= 0.6 is 0 Å². The fourth-order valence-corrected chi connectivity index (χ4v) is 1.88. The summed E-state index contributed by atoms with van der Waals surface area (Å²) in [5.74, 6) is -1.38. The van der Waals surface area contributed by atoms with Crippen LogP contribution in [0.25, 0.3) is 0 Å². The number of nitrogens with zero attached hydrogens (tertiary/aromatic N) is 1. The number of halogens is 1. The van der Waals surface area contributed by atoms with Crippen LogP contribution in [0.2, 0.25) is 0 Å². The van der Waals surface area contributed by atoms with E-state index in [2.05, 4.69) is 5.32 Å². The van der Waals surface area contributed by atoms with E-state index in [4.69, 9.17) is 14.7 Å². The number of carbonyl (C=O) groups excluding carboxylic acids is 2. The van der Waals surface area contributed by atoms with Gasteiger partial charge in [0.05, 0.1) is 11.6 Å². The van der Waals surface area contributed by atoms with E-state index in [1.807, 2.05) is 6.07 Å². The first-order valence-electron chi connectivity index (χ1n) is 7.37. The first-order chi connectivity index (χ1) is 12.0. The van der Waals surface area contributed by atoms with Crippen molar-refractivity contribution < 1.29 is 23.5 Å². The van der Waals surface area contributed by atoms with Crippen molar-refractivity contribution in [2.24, 2.45) is 0 Å². The molecule has 1 atom stereocenters. The molecule has 0 bridgehead atoms. The molecule has 2 aromatic rings. The van der Waals surface area contributed by atoms with Crippen LogP contribution in [0.1, 0.15) is 12.5 Å². The number of benzene rings is 2. The van der Waals surface area contributed by atoms with Crippen LogP contribution < -0.4 is 10.1 Å². The summed E-state index contributed by atoms with van der Waals surface area (Å²) in [5.41, 5.74) is 0.826. The van der Waals surface area contributed by atoms with E-state index in [1.165, 1.54) is 37.3 Å². The highest BCUT2D eigenvalue weighted by molar-refractivity contribution is 5.93. The Labute approximate surface area is 143 Å². The SMILES string of the molecule is C[C@@H](Oc1ccc(F)cc1)C(=O)OCC(=O)Nc1cccc(C#N)c1. The van der Waals surface area contributed by atoms with Crippen molar-refractivity contribution in [1.82, 2.24) is 0 Å². The van der Waals surface area contributed by atoms with Crippen molar-refractivity contribution in [2.75, 3.05) is 11.9 Å². The van der Waals surface area contributed by atoms with Gasteiger partial charge in [0, 0.05) is 5.69 Å². The Hall–Kier alpha value is -3.40. The normalized spacial score (nSPS) is 11.1. The third-order valence-electron chi connectivity index (χ3n) is 3.08. The topological polar surface area (TPSA) is 88.4 Å². The smallest absolute Gasteiger partial charge is 0.347 e. The van der Waals surface area contributed by atoms with E-state index >= 15 is 0 Å². The zero-order valence-electron chi connectivity index (χ0n) is 13.4. The number of amides is 1. The van der Waals surface area contributed by atoms with Crippen molar-refractivity contribution in [3.8, 4) is 11.8 Å². The zero-order chi connectivity index (χ0) is 18.2. The summed E-state index contributed by atoms with van der Waals surface area (Å²) in [4.78, 5) is 23.6. The van der Waals surface area contributed by atoms with Gasteiger partial charge in [0.25, 0.3) is 5.91 Å². The minimum Gasteiger partial charge on any atom is -0.479 e. The summed E-state index contributed by atoms with van der Waals surface area (Å²) in [6, 6.07) is 13.5. The lowest BCUT2D eigenvalue weighted by molar-refractivity contribution is -0.153. The predicted octanol–water partition coefficient (Wildman–Crippen LogP) is 2.65. The number of anilines is 1. The van der Waals surface area contributed by atoms with Gasteiger partial charge in [-0.25, -0.2) is 9.18 Å². The third kappa shape index (κ3) is 5.62. The second kappa shape index (κ2) is 8.45. The van der Waals surface area contributed by atoms with Crippen LogP contribution in [0.3, 0.4) is 0 Å². The molecule has 0 fully saturated rings. The zero-order valence-corrected chi connectivity index (χ0v) is 13.4. The molecule has 0 saturated carbocycles. The second-order valence-corrected chi connectivity index (χ2v) is 5.06. The molecular formula is C18H15FN2O4. The average molecular weight is 342 g/mol. The van der Waals surface area contributed by atoms with Gasteiger partial charge in [0.15, 0.2) is 12.7 Å². The summed E-state index contributed by atoms with van der Waals surface area (Å²) in [5, 5.41) is 11.3. The number of nitrogens with one attached hydrogen (secondary N) is 1. The Kier molecular flexibility index (Phi) is 6.07. The monoisotopic (exact) mass is 342 g/mol. The largest absolute Gasteiger partial charge is 0.479 e. The van der Waals surface area contributed by atoms with Gasteiger partial charge in [-0.15, -0.1) is 0 Å². The van der Waals surface area contributed by atoms with Gasteiger partial charge in [0.1, 0.15) is 11.6 Å². The fourth-order valence-electron chi connectivity index (χ4n) is 1.88. The molecule has 25 heavy (non-hydrogen) atoms. The second-order valence-electron chi connectivity index (χ2n) is 5.06. The number of carbonyl (C=O) groups is 2. The number of nitriles is 1. The van der Waals surface area contributed by atoms with Crippen LogP contribution in [-0.2, 0) is 14.3 Å². The van der Waals surface area contributed by atoms with Gasteiger partial charge < -0.3 is 14.8 Å². The lowest BCUT2D eigenvalue weighted by Gasteiger charge is -2.14. The Morgan fingerprint density at radius 3 is 2.64 bits per heavy atom. The molecule has 0 radical (unpaired) electrons. The van der Waals surface area contributed by atoms with Gasteiger partial charge in [-0.3, -0.25) is 4.79 Å². The fraction of sp³-hybridized carbons (Fsp3) is 0.167. The van der Waals surface area contributed by atoms with E-state index in [1.54, 1.807) is 18.2 Å². The molecule has 128 valence electrons. The number of hydrogen-bond donors (Lipinski definition) is 1. The number of esters is 1. The first-order valence-corrected chi connectivity index (χ1v) is 7.37. The minimum absolute atomic E-state index is 0.309. The van der Waals surface area contributed by atoms with Crippen LogP contribution in [0.5, 0.6) is 5.75 Å². The van der Waals surface area contributed by atoms with Crippen LogP contribution in [0, 0.1) is 17.1 Å². The maximum atomic E-state index is 12.8. The molecule has 1 amide bonds. The highest BCUT2D eigenvalue weighted by Gasteiger charge is 2.18. The highest BCUT2D eigenvalue weighted by Crippen LogP contribution is 2.13. The van der Waals surface area contributed by atoms with Crippen molar-refractivity contribution in [1.29, 1.82) is 5.26 Å². The van der Waals surface area contributed by atoms with E-state index in [0.717, 1.165) is 0 Å². The quantitative estimate of drug-likeness (QED) is 0.815. The maximum Gasteiger partial charge on any atom is 0.347 e. The number of hydrogen-bond acceptors (Lipinski definition) is 5. The molecule has 1 N–H and O–H groups in total. The molecule has 0 aliphatic carbocycles. The van der Waals surface area contributed by atoms with Crippen LogP contribution in [0.4, 0.5) is 10.1 Å². The molecule has 0 aliphatic heterocycles. The molecule has 0 spiro atoms. The Balaban J connectivity index is 1.81. The lowest BCUT2D eigenvalue weighted by Crippen LogP contribution is -2.29. The molecule has 0 unspecified atom stereocenters. The van der Waals surface area contributed by atoms with Crippen molar-refractivity contribution in [2.45, 2.75) is 13.0 Å². The lowest BCUT2D eigenvalue weighted by atomic mass is 10.2. The number of ether oxygens (including phenoxy) is 2. The molecule has 0 aromatic heterocycles. The predicted molar refractivity (Wildman–Crippen MR) is 87.2 cm³/mol. The summed E-state index contributed by atoms with van der Waals surface area (Å²) >= 11 is 0. The molecule has 6 nitrogen and oxygen atoms in total. The van der Waals surface area contributed by atoms with Gasteiger partial charge >= 0.3 is 5.97 Å². The third-order valence-corrected chi connectivity index (χ3v) is 3.08. The maximum absolute atomic E-state index is 12.8. The Morgan fingerprint density at radius 1 is 1.24 bits per heavy atom. The summed E-state index contributed by atoms with van der Waals surface area (Å²) in [6.45, 7) is 0.965. The summed E-state index contributed by atoms with van der Waals surface area (Å²) < 4.78 is 23.0. The van der Waals surface area contributed by atoms with Gasteiger partial charge in [-0.1, -0.05) is 6.07 Å². The van der Waals surface area contributed by atoms with Crippen LogP contribution in [0.15, 0.2) is 48.5 Å². The molecule has 0 heterocycles. The Bertz CT molecular complexity index is 799. The molecule has 2 aromatic carbocycles. The van der Waals surface area contributed by atoms with Gasteiger partial charge in [-0.2, -0.15) is 5.26 Å². The van der Waals surface area contributed by atoms with Crippen molar-refractivity contribution in [3.05, 3.63) is 59.9 Å². The number of rotatable bonds is 6. The molecular weight excluding hydrogens is 327 g/mol. The average Bonchev–Trinajstić information content (AvgIpc) is 2.61. The van der Waals surface area contributed by atoms with E-state index in [9.17, 15) is 14.0 Å². The summed E-state index contributed by atoms with van der Waals surface area (Å²) in [6.07, 6.45) is -0.958. The van der Waals surface area contributed by atoms with Gasteiger partial charge in [0.2, 0.25) is 0 Å². The standard InChI is InChI=1S/C18H15FN2O4/c1-12(25-16-7-5-14(19)6-8-16)18(23)24-11-17(22)21-15-4-2-3-13(9-15)10-20/h2-9,12H,11H2,1H3,(H,21,22)/t12-/m1/s1. The van der Waals surface area contributed by atoms with E-state index in [0.29, 0.717) is 17.0 Å². The Morgan fingerprint density at radius 2 is 1.96 bits per heavy atom. The van der Waals surface area contributed by atoms with Crippen molar-refractivity contribution >= 4 is 17.6 Å². The highest BCUT2D eigenvalue weighted by atomic mass is 19.1. The van der Waals surface area contributed by atoms with Crippen LogP contribution in [-0.4, -0.2) is 24.6 Å². The first kappa shape index (κ1) is 17.9. The molecule has 0 saturated heterocycles. The minimum atomic E-state index is -0.958. The molecule has 0 aliphatic rings. The van der Waals surface area contributed by atoms with Crippen molar-refractivity contribution in [3.63, 3.8) is 0 Å².